The molecule has 0 radical (unpaired) electrons. The molecule has 172 valence electrons. The number of ether oxygens (including phenoxy) is 1. The van der Waals surface area contributed by atoms with Gasteiger partial charge in [-0.3, -0.25) is 4.79 Å². The van der Waals surface area contributed by atoms with Crippen molar-refractivity contribution < 1.29 is 9.53 Å². The lowest BCUT2D eigenvalue weighted by Gasteiger charge is -2.35. The minimum absolute atomic E-state index is 0.0240. The van der Waals surface area contributed by atoms with Crippen LogP contribution in [0.25, 0.3) is 0 Å². The third-order valence-electron chi connectivity index (χ3n) is 7.81. The molecule has 0 aromatic rings. The third kappa shape index (κ3) is 8.60. The van der Waals surface area contributed by atoms with E-state index in [1.54, 1.807) is 0 Å². The van der Waals surface area contributed by atoms with Gasteiger partial charge in [0.2, 0.25) is 0 Å². The summed E-state index contributed by atoms with van der Waals surface area (Å²) < 4.78 is 5.93. The van der Waals surface area contributed by atoms with Gasteiger partial charge in [0.15, 0.2) is 0 Å². The summed E-state index contributed by atoms with van der Waals surface area (Å²) in [5.74, 6) is 0.897. The van der Waals surface area contributed by atoms with Crippen molar-refractivity contribution in [2.45, 2.75) is 142 Å². The first-order valence-electron chi connectivity index (χ1n) is 13.2. The summed E-state index contributed by atoms with van der Waals surface area (Å²) in [5, 5.41) is 9.78. The SMILES string of the molecule is CCCCCCC[C@]1(C#N)CC[C@H](C(=O)OC2CCC(CCCCCC)CC2)CC1. The number of rotatable bonds is 13. The molecule has 0 aliphatic heterocycles. The van der Waals surface area contributed by atoms with Gasteiger partial charge in [0.25, 0.3) is 0 Å². The molecule has 0 spiro atoms. The highest BCUT2D eigenvalue weighted by Crippen LogP contribution is 2.43. The van der Waals surface area contributed by atoms with Gasteiger partial charge in [0, 0.05) is 0 Å². The van der Waals surface area contributed by atoms with Crippen molar-refractivity contribution in [1.29, 1.82) is 5.26 Å². The van der Waals surface area contributed by atoms with Gasteiger partial charge >= 0.3 is 5.97 Å². The van der Waals surface area contributed by atoms with Crippen LogP contribution in [-0.4, -0.2) is 12.1 Å². The molecular formula is C27H47NO2. The summed E-state index contributed by atoms with van der Waals surface area (Å²) in [6.07, 6.45) is 22.2. The largest absolute Gasteiger partial charge is 0.462 e. The molecule has 0 atom stereocenters. The molecule has 0 saturated heterocycles. The Morgan fingerprint density at radius 3 is 2.07 bits per heavy atom. The molecule has 30 heavy (non-hydrogen) atoms. The van der Waals surface area contributed by atoms with Gasteiger partial charge in [-0.15, -0.1) is 0 Å². The molecule has 0 N–H and O–H groups in total. The normalized spacial score (nSPS) is 29.3. The Balaban J connectivity index is 1.64. The van der Waals surface area contributed by atoms with Crippen LogP contribution < -0.4 is 0 Å². The van der Waals surface area contributed by atoms with E-state index in [1.807, 2.05) is 0 Å². The molecule has 2 rings (SSSR count). The van der Waals surface area contributed by atoms with E-state index in [2.05, 4.69) is 19.9 Å². The molecule has 0 unspecified atom stereocenters. The minimum Gasteiger partial charge on any atom is -0.462 e. The second-order valence-corrected chi connectivity index (χ2v) is 10.3. The summed E-state index contributed by atoms with van der Waals surface area (Å²) in [4.78, 5) is 12.7. The summed E-state index contributed by atoms with van der Waals surface area (Å²) >= 11 is 0. The van der Waals surface area contributed by atoms with Crippen molar-refractivity contribution in [3.8, 4) is 6.07 Å². The molecular weight excluding hydrogens is 370 g/mol. The fourth-order valence-electron chi connectivity index (χ4n) is 5.55. The maximum Gasteiger partial charge on any atom is 0.309 e. The molecule has 2 aliphatic carbocycles. The smallest absolute Gasteiger partial charge is 0.309 e. The summed E-state index contributed by atoms with van der Waals surface area (Å²) in [5.41, 5.74) is -0.182. The van der Waals surface area contributed by atoms with Gasteiger partial charge in [0.1, 0.15) is 6.10 Å². The van der Waals surface area contributed by atoms with E-state index in [4.69, 9.17) is 4.74 Å². The predicted molar refractivity (Wildman–Crippen MR) is 124 cm³/mol. The van der Waals surface area contributed by atoms with Crippen LogP contribution in [0.4, 0.5) is 0 Å². The molecule has 2 fully saturated rings. The first-order valence-corrected chi connectivity index (χ1v) is 13.2. The maximum atomic E-state index is 12.7. The fraction of sp³-hybridized carbons (Fsp3) is 0.926. The molecule has 3 heteroatoms. The molecule has 0 aromatic heterocycles. The summed E-state index contributed by atoms with van der Waals surface area (Å²) in [7, 11) is 0. The molecule has 0 heterocycles. The number of nitrogens with zero attached hydrogens (tertiary/aromatic N) is 1. The molecule has 2 saturated carbocycles. The van der Waals surface area contributed by atoms with Crippen LogP contribution in [-0.2, 0) is 9.53 Å². The molecule has 0 amide bonds. The van der Waals surface area contributed by atoms with Gasteiger partial charge < -0.3 is 4.74 Å². The number of carbonyl (C=O) groups excluding carboxylic acids is 1. The van der Waals surface area contributed by atoms with Crippen molar-refractivity contribution in [3.63, 3.8) is 0 Å². The van der Waals surface area contributed by atoms with Crippen LogP contribution in [0.2, 0.25) is 0 Å². The number of nitriles is 1. The zero-order valence-corrected chi connectivity index (χ0v) is 19.9. The van der Waals surface area contributed by atoms with E-state index >= 15 is 0 Å². The van der Waals surface area contributed by atoms with Crippen LogP contribution in [0.3, 0.4) is 0 Å². The Hall–Kier alpha value is -1.04. The Bertz CT molecular complexity index is 507. The number of esters is 1. The monoisotopic (exact) mass is 417 g/mol. The van der Waals surface area contributed by atoms with E-state index < -0.39 is 0 Å². The van der Waals surface area contributed by atoms with Crippen LogP contribution in [0, 0.1) is 28.6 Å². The Kier molecular flexibility index (Phi) is 11.9. The van der Waals surface area contributed by atoms with Crippen molar-refractivity contribution in [1.82, 2.24) is 0 Å². The summed E-state index contributed by atoms with van der Waals surface area (Å²) in [6.45, 7) is 4.50. The van der Waals surface area contributed by atoms with Crippen LogP contribution in [0.1, 0.15) is 136 Å². The fourth-order valence-corrected chi connectivity index (χ4v) is 5.55. The van der Waals surface area contributed by atoms with E-state index in [-0.39, 0.29) is 23.4 Å². The zero-order chi connectivity index (χ0) is 21.7. The van der Waals surface area contributed by atoms with Crippen molar-refractivity contribution in [2.24, 2.45) is 17.3 Å². The lowest BCUT2D eigenvalue weighted by Crippen LogP contribution is -2.33. The summed E-state index contributed by atoms with van der Waals surface area (Å²) in [6, 6.07) is 2.63. The second kappa shape index (κ2) is 14.1. The lowest BCUT2D eigenvalue weighted by atomic mass is 9.69. The van der Waals surface area contributed by atoms with E-state index in [0.717, 1.165) is 57.3 Å². The second-order valence-electron chi connectivity index (χ2n) is 10.3. The van der Waals surface area contributed by atoms with E-state index in [9.17, 15) is 10.1 Å². The number of carbonyl (C=O) groups is 1. The average molecular weight is 418 g/mol. The first kappa shape index (κ1) is 25.2. The standard InChI is InChI=1S/C27H47NO2/c1-3-5-7-9-11-19-27(22-28)20-17-24(18-21-27)26(29)30-25-15-13-23(14-16-25)12-10-8-6-4-2/h23-25H,3-21H2,1-2H3/t23?,24-,25?,27-. The minimum atomic E-state index is -0.182. The highest BCUT2D eigenvalue weighted by molar-refractivity contribution is 5.72. The van der Waals surface area contributed by atoms with E-state index in [1.165, 1.54) is 70.6 Å². The van der Waals surface area contributed by atoms with Crippen LogP contribution in [0.15, 0.2) is 0 Å². The number of hydrogen-bond donors (Lipinski definition) is 0. The van der Waals surface area contributed by atoms with Gasteiger partial charge in [0.05, 0.1) is 17.4 Å². The van der Waals surface area contributed by atoms with Gasteiger partial charge in [-0.25, -0.2) is 0 Å². The highest BCUT2D eigenvalue weighted by Gasteiger charge is 2.38. The molecule has 0 bridgehead atoms. The van der Waals surface area contributed by atoms with Crippen molar-refractivity contribution in [3.05, 3.63) is 0 Å². The highest BCUT2D eigenvalue weighted by atomic mass is 16.5. The van der Waals surface area contributed by atoms with Gasteiger partial charge in [-0.2, -0.15) is 5.26 Å². The topological polar surface area (TPSA) is 50.1 Å². The Labute approximate surface area is 186 Å². The Morgan fingerprint density at radius 1 is 0.867 bits per heavy atom. The molecule has 3 nitrogen and oxygen atoms in total. The van der Waals surface area contributed by atoms with Crippen molar-refractivity contribution in [2.75, 3.05) is 0 Å². The molecule has 0 aromatic carbocycles. The van der Waals surface area contributed by atoms with Crippen LogP contribution in [0.5, 0.6) is 0 Å². The first-order chi connectivity index (χ1) is 14.6. The van der Waals surface area contributed by atoms with Gasteiger partial charge in [-0.1, -0.05) is 78.1 Å². The predicted octanol–water partition coefficient (Wildman–Crippen LogP) is 8.12. The van der Waals surface area contributed by atoms with E-state index in [0.29, 0.717) is 0 Å². The lowest BCUT2D eigenvalue weighted by molar-refractivity contribution is -0.157. The number of hydrogen-bond acceptors (Lipinski definition) is 3. The molecule has 2 aliphatic rings. The van der Waals surface area contributed by atoms with Gasteiger partial charge in [-0.05, 0) is 63.7 Å². The third-order valence-corrected chi connectivity index (χ3v) is 7.81. The van der Waals surface area contributed by atoms with Crippen molar-refractivity contribution >= 4 is 5.97 Å². The average Bonchev–Trinajstić information content (AvgIpc) is 2.78. The quantitative estimate of drug-likeness (QED) is 0.224. The van der Waals surface area contributed by atoms with Crippen LogP contribution >= 0.6 is 0 Å². The Morgan fingerprint density at radius 2 is 1.47 bits per heavy atom. The number of unbranched alkanes of at least 4 members (excludes halogenated alkanes) is 7. The maximum absolute atomic E-state index is 12.7. The zero-order valence-electron chi connectivity index (χ0n) is 19.9.